The predicted molar refractivity (Wildman–Crippen MR) is 117 cm³/mol. The summed E-state index contributed by atoms with van der Waals surface area (Å²) in [6, 6.07) is 4.76. The quantitative estimate of drug-likeness (QED) is 0.624. The molecular formula is C26H40N2. The summed E-state index contributed by atoms with van der Waals surface area (Å²) in [4.78, 5) is 4.30. The Hall–Kier alpha value is -1.05. The van der Waals surface area contributed by atoms with Crippen LogP contribution in [0.1, 0.15) is 78.6 Å². The van der Waals surface area contributed by atoms with E-state index in [1.165, 1.54) is 57.1 Å². The number of pyridine rings is 1. The van der Waals surface area contributed by atoms with Crippen LogP contribution in [0.2, 0.25) is 0 Å². The molecule has 4 saturated carbocycles. The van der Waals surface area contributed by atoms with Gasteiger partial charge in [-0.2, -0.15) is 0 Å². The molecule has 4 aliphatic carbocycles. The fourth-order valence-electron chi connectivity index (χ4n) is 8.76. The van der Waals surface area contributed by atoms with Crippen LogP contribution >= 0.6 is 0 Å². The van der Waals surface area contributed by atoms with Crippen LogP contribution in [0.5, 0.6) is 0 Å². The Labute approximate surface area is 172 Å². The molecule has 1 heterocycles. The van der Waals surface area contributed by atoms with Gasteiger partial charge < -0.3 is 5.32 Å². The molecule has 0 aliphatic heterocycles. The van der Waals surface area contributed by atoms with Crippen LogP contribution in [0, 0.1) is 46.8 Å². The zero-order valence-corrected chi connectivity index (χ0v) is 18.2. The van der Waals surface area contributed by atoms with E-state index >= 15 is 0 Å². The monoisotopic (exact) mass is 380 g/mol. The van der Waals surface area contributed by atoms with Crippen molar-refractivity contribution in [2.75, 3.05) is 5.32 Å². The van der Waals surface area contributed by atoms with Gasteiger partial charge in [0.15, 0.2) is 0 Å². The minimum atomic E-state index is 0.544. The van der Waals surface area contributed by atoms with Crippen LogP contribution in [-0.4, -0.2) is 11.0 Å². The van der Waals surface area contributed by atoms with Gasteiger partial charge in [0.1, 0.15) is 0 Å². The van der Waals surface area contributed by atoms with E-state index in [0.717, 1.165) is 41.4 Å². The molecule has 9 atom stereocenters. The van der Waals surface area contributed by atoms with E-state index in [1.807, 2.05) is 18.5 Å². The Kier molecular flexibility index (Phi) is 4.96. The van der Waals surface area contributed by atoms with E-state index < -0.39 is 0 Å². The van der Waals surface area contributed by atoms with E-state index in [9.17, 15) is 0 Å². The fraction of sp³-hybridized carbons (Fsp3) is 0.808. The van der Waals surface area contributed by atoms with Gasteiger partial charge in [0.25, 0.3) is 0 Å². The molecule has 0 spiro atoms. The van der Waals surface area contributed by atoms with Gasteiger partial charge in [-0.25, -0.2) is 0 Å². The topological polar surface area (TPSA) is 24.9 Å². The highest BCUT2D eigenvalue weighted by atomic mass is 14.9. The molecule has 0 radical (unpaired) electrons. The first-order valence-electron chi connectivity index (χ1n) is 12.2. The number of hydrogen-bond donors (Lipinski definition) is 1. The zero-order chi connectivity index (χ0) is 19.3. The number of fused-ring (bicyclic) bond motifs is 5. The highest BCUT2D eigenvalue weighted by Crippen LogP contribution is 2.65. The van der Waals surface area contributed by atoms with Gasteiger partial charge in [0.2, 0.25) is 0 Å². The molecule has 3 unspecified atom stereocenters. The third-order valence-corrected chi connectivity index (χ3v) is 9.95. The first-order chi connectivity index (χ1) is 13.6. The highest BCUT2D eigenvalue weighted by Gasteiger charge is 2.57. The first kappa shape index (κ1) is 18.9. The third-order valence-electron chi connectivity index (χ3n) is 9.95. The minimum absolute atomic E-state index is 0.544. The van der Waals surface area contributed by atoms with Crippen LogP contribution in [0.25, 0.3) is 0 Å². The van der Waals surface area contributed by atoms with Gasteiger partial charge >= 0.3 is 0 Å². The van der Waals surface area contributed by atoms with Crippen LogP contribution in [0.15, 0.2) is 24.5 Å². The molecular weight excluding hydrogens is 340 g/mol. The molecule has 154 valence electrons. The maximum atomic E-state index is 4.30. The van der Waals surface area contributed by atoms with E-state index in [0.29, 0.717) is 11.5 Å². The summed E-state index contributed by atoms with van der Waals surface area (Å²) in [5.41, 5.74) is 1.73. The second-order valence-corrected chi connectivity index (χ2v) is 11.3. The van der Waals surface area contributed by atoms with Crippen LogP contribution in [0.3, 0.4) is 0 Å². The summed E-state index contributed by atoms with van der Waals surface area (Å²) >= 11 is 0. The second-order valence-electron chi connectivity index (χ2n) is 11.3. The normalized spacial score (nSPS) is 46.2. The number of nitrogens with one attached hydrogen (secondary N) is 1. The van der Waals surface area contributed by atoms with Crippen LogP contribution < -0.4 is 5.32 Å². The van der Waals surface area contributed by atoms with Crippen molar-refractivity contribution in [1.29, 1.82) is 0 Å². The van der Waals surface area contributed by atoms with Crippen molar-refractivity contribution >= 4 is 5.69 Å². The maximum absolute atomic E-state index is 4.30. The molecule has 5 rings (SSSR count). The molecule has 0 saturated heterocycles. The smallest absolute Gasteiger partial charge is 0.0528 e. The average molecular weight is 381 g/mol. The Balaban J connectivity index is 1.31. The summed E-state index contributed by atoms with van der Waals surface area (Å²) in [6.45, 7) is 7.59. The molecule has 4 fully saturated rings. The Morgan fingerprint density at radius 3 is 2.71 bits per heavy atom. The molecule has 1 aromatic heterocycles. The standard InChI is InChI=1S/C26H40N2/c1-17-6-8-21-19(15-17)7-9-23-22(21)12-13-26(3)24(10-11-25(23)26)18(2)28-20-5-4-14-27-16-20/h4-5,14,16-19,21-25,28H,6-13,15H2,1-3H3/t17-,18-,19+,21-,22?,23+,24?,25?,26+/m0/s1. The van der Waals surface area contributed by atoms with Crippen molar-refractivity contribution in [2.45, 2.75) is 84.6 Å². The lowest BCUT2D eigenvalue weighted by molar-refractivity contribution is -0.0683. The summed E-state index contributed by atoms with van der Waals surface area (Å²) in [7, 11) is 0. The lowest BCUT2D eigenvalue weighted by Crippen LogP contribution is -2.50. The largest absolute Gasteiger partial charge is 0.381 e. The summed E-state index contributed by atoms with van der Waals surface area (Å²) in [5.74, 6) is 7.01. The first-order valence-corrected chi connectivity index (χ1v) is 12.2. The van der Waals surface area contributed by atoms with Gasteiger partial charge in [-0.3, -0.25) is 4.98 Å². The van der Waals surface area contributed by atoms with E-state index in [2.05, 4.69) is 37.1 Å². The lowest BCUT2D eigenvalue weighted by atomic mass is 9.49. The zero-order valence-electron chi connectivity index (χ0n) is 18.2. The molecule has 4 aliphatic rings. The summed E-state index contributed by atoms with van der Waals surface area (Å²) in [5, 5.41) is 3.80. The van der Waals surface area contributed by atoms with E-state index in [4.69, 9.17) is 0 Å². The van der Waals surface area contributed by atoms with Crippen molar-refractivity contribution in [3.63, 3.8) is 0 Å². The molecule has 28 heavy (non-hydrogen) atoms. The van der Waals surface area contributed by atoms with Crippen molar-refractivity contribution < 1.29 is 0 Å². The molecule has 1 N–H and O–H groups in total. The van der Waals surface area contributed by atoms with Gasteiger partial charge in [0, 0.05) is 18.4 Å². The highest BCUT2D eigenvalue weighted by molar-refractivity contribution is 5.41. The number of rotatable bonds is 3. The number of hydrogen-bond acceptors (Lipinski definition) is 2. The molecule has 1 aromatic rings. The average Bonchev–Trinajstić information content (AvgIpc) is 3.05. The Morgan fingerprint density at radius 2 is 1.89 bits per heavy atom. The lowest BCUT2D eigenvalue weighted by Gasteiger charge is -2.56. The predicted octanol–water partition coefficient (Wildman–Crippen LogP) is 6.79. The van der Waals surface area contributed by atoms with Crippen LogP contribution in [0.4, 0.5) is 5.69 Å². The molecule has 0 aromatic carbocycles. The SMILES string of the molecule is C[C@H]1CC[C@@H]2C3CC[C@@]4(C)C(CCC4[C@H](C)Nc4cccnc4)[C@@H]3CC[C@@H]2C1. The molecule has 2 heteroatoms. The minimum Gasteiger partial charge on any atom is -0.381 e. The van der Waals surface area contributed by atoms with E-state index in [1.54, 1.807) is 6.42 Å². The number of anilines is 1. The molecule has 0 amide bonds. The number of aromatic nitrogens is 1. The summed E-state index contributed by atoms with van der Waals surface area (Å²) in [6.07, 6.45) is 17.4. The molecule has 0 bridgehead atoms. The van der Waals surface area contributed by atoms with Gasteiger partial charge in [-0.15, -0.1) is 0 Å². The van der Waals surface area contributed by atoms with Crippen molar-refractivity contribution in [1.82, 2.24) is 4.98 Å². The number of nitrogens with zero attached hydrogens (tertiary/aromatic N) is 1. The van der Waals surface area contributed by atoms with Crippen molar-refractivity contribution in [3.8, 4) is 0 Å². The fourth-order valence-corrected chi connectivity index (χ4v) is 8.76. The Bertz CT molecular complexity index is 672. The van der Waals surface area contributed by atoms with Gasteiger partial charge in [-0.05, 0) is 117 Å². The Morgan fingerprint density at radius 1 is 1.04 bits per heavy atom. The van der Waals surface area contributed by atoms with Gasteiger partial charge in [-0.1, -0.05) is 20.3 Å². The van der Waals surface area contributed by atoms with E-state index in [-0.39, 0.29) is 0 Å². The van der Waals surface area contributed by atoms with Gasteiger partial charge in [0.05, 0.1) is 5.69 Å². The molecule has 2 nitrogen and oxygen atoms in total. The van der Waals surface area contributed by atoms with Crippen molar-refractivity contribution in [2.24, 2.45) is 46.8 Å². The summed E-state index contributed by atoms with van der Waals surface area (Å²) < 4.78 is 0. The van der Waals surface area contributed by atoms with Crippen LogP contribution in [-0.2, 0) is 0 Å². The van der Waals surface area contributed by atoms with Crippen molar-refractivity contribution in [3.05, 3.63) is 24.5 Å². The maximum Gasteiger partial charge on any atom is 0.0528 e. The third kappa shape index (κ3) is 3.10. The second kappa shape index (κ2) is 7.33.